The lowest BCUT2D eigenvalue weighted by Crippen LogP contribution is -1.94. The molecule has 0 radical (unpaired) electrons. The maximum absolute atomic E-state index is 11.4. The van der Waals surface area contributed by atoms with Gasteiger partial charge in [0.1, 0.15) is 5.69 Å². The van der Waals surface area contributed by atoms with Crippen LogP contribution in [-0.2, 0) is 0 Å². The molecule has 0 aliphatic heterocycles. The molecule has 0 unspecified atom stereocenters. The number of Topliss-reactive ketones (excluding diaryl/α,β-unsaturated/α-hetero) is 1. The predicted molar refractivity (Wildman–Crippen MR) is 88.7 cm³/mol. The van der Waals surface area contributed by atoms with E-state index < -0.39 is 0 Å². The van der Waals surface area contributed by atoms with Crippen LogP contribution in [0.2, 0.25) is 0 Å². The van der Waals surface area contributed by atoms with Gasteiger partial charge in [-0.15, -0.1) is 0 Å². The zero-order valence-corrected chi connectivity index (χ0v) is 12.5. The number of H-pyrrole nitrogens is 1. The van der Waals surface area contributed by atoms with Crippen molar-refractivity contribution < 1.29 is 4.79 Å². The Kier molecular flexibility index (Phi) is 3.05. The van der Waals surface area contributed by atoms with Crippen LogP contribution in [0.3, 0.4) is 0 Å². The third-order valence-electron chi connectivity index (χ3n) is 3.82. The fraction of sp³-hybridized carbons (Fsp3) is 0.0556. The lowest BCUT2D eigenvalue weighted by molar-refractivity contribution is 0.101. The minimum atomic E-state index is -0.0262. The summed E-state index contributed by atoms with van der Waals surface area (Å²) in [7, 11) is 0. The summed E-state index contributed by atoms with van der Waals surface area (Å²) in [6, 6.07) is 17.8. The van der Waals surface area contributed by atoms with E-state index in [0.29, 0.717) is 5.69 Å². The van der Waals surface area contributed by atoms with Crippen LogP contribution in [0.1, 0.15) is 17.4 Å². The number of aromatic amines is 1. The van der Waals surface area contributed by atoms with Gasteiger partial charge in [-0.3, -0.25) is 9.89 Å². The smallest absolute Gasteiger partial charge is 0.177 e. The summed E-state index contributed by atoms with van der Waals surface area (Å²) in [6.45, 7) is 1.52. The second-order valence-electron chi connectivity index (χ2n) is 5.39. The summed E-state index contributed by atoms with van der Waals surface area (Å²) in [6.07, 6.45) is 1.84. The topological polar surface area (TPSA) is 63.6 Å². The number of carbonyl (C=O) groups is 1. The van der Waals surface area contributed by atoms with Crippen molar-refractivity contribution in [3.05, 3.63) is 66.5 Å². The van der Waals surface area contributed by atoms with Crippen molar-refractivity contribution in [1.29, 1.82) is 0 Å². The van der Waals surface area contributed by atoms with Gasteiger partial charge in [0.15, 0.2) is 5.78 Å². The first-order valence-electron chi connectivity index (χ1n) is 7.32. The molecule has 2 aromatic heterocycles. The number of nitrogens with one attached hydrogen (secondary N) is 1. The minimum absolute atomic E-state index is 0.0262. The second-order valence-corrected chi connectivity index (χ2v) is 5.39. The number of carbonyl (C=O) groups excluding carboxylic acids is 1. The van der Waals surface area contributed by atoms with E-state index in [2.05, 4.69) is 15.3 Å². The van der Waals surface area contributed by atoms with E-state index in [9.17, 15) is 4.79 Å². The van der Waals surface area contributed by atoms with Gasteiger partial charge in [0.2, 0.25) is 0 Å². The Morgan fingerprint density at radius 3 is 2.65 bits per heavy atom. The lowest BCUT2D eigenvalue weighted by Gasteiger charge is -2.03. The van der Waals surface area contributed by atoms with Crippen molar-refractivity contribution in [3.8, 4) is 16.9 Å². The van der Waals surface area contributed by atoms with E-state index in [4.69, 9.17) is 0 Å². The Morgan fingerprint density at radius 1 is 1.09 bits per heavy atom. The molecule has 2 aromatic carbocycles. The van der Waals surface area contributed by atoms with Crippen molar-refractivity contribution in [3.63, 3.8) is 0 Å². The van der Waals surface area contributed by atoms with Crippen LogP contribution in [0.4, 0.5) is 0 Å². The summed E-state index contributed by atoms with van der Waals surface area (Å²) in [5, 5.41) is 12.5. The SMILES string of the molecule is CC(=O)c1cc(-c2ccc3c(cnn3-c3ccccc3)c2)n[nH]1. The molecule has 0 aliphatic rings. The quantitative estimate of drug-likeness (QED) is 0.588. The number of fused-ring (bicyclic) bond motifs is 1. The zero-order valence-electron chi connectivity index (χ0n) is 12.5. The molecule has 0 saturated heterocycles. The highest BCUT2D eigenvalue weighted by Crippen LogP contribution is 2.25. The maximum atomic E-state index is 11.4. The standard InChI is InChI=1S/C18H14N4O/c1-12(23)16-10-17(21-20-16)13-7-8-18-14(9-13)11-19-22(18)15-5-3-2-4-6-15/h2-11H,1H3,(H,20,21). The molecule has 1 N–H and O–H groups in total. The first kappa shape index (κ1) is 13.5. The van der Waals surface area contributed by atoms with E-state index >= 15 is 0 Å². The van der Waals surface area contributed by atoms with Crippen LogP contribution in [0.15, 0.2) is 60.8 Å². The van der Waals surface area contributed by atoms with E-state index in [0.717, 1.165) is 27.8 Å². The molecular formula is C18H14N4O. The second kappa shape index (κ2) is 5.21. The van der Waals surface area contributed by atoms with E-state index in [1.54, 1.807) is 6.07 Å². The Morgan fingerprint density at radius 2 is 1.91 bits per heavy atom. The van der Waals surface area contributed by atoms with Crippen molar-refractivity contribution >= 4 is 16.7 Å². The summed E-state index contributed by atoms with van der Waals surface area (Å²) in [5.41, 5.74) is 4.27. The average molecular weight is 302 g/mol. The monoisotopic (exact) mass is 302 g/mol. The Balaban J connectivity index is 1.79. The molecule has 0 fully saturated rings. The van der Waals surface area contributed by atoms with Crippen molar-refractivity contribution in [2.24, 2.45) is 0 Å². The van der Waals surface area contributed by atoms with E-state index in [1.165, 1.54) is 6.92 Å². The van der Waals surface area contributed by atoms with Gasteiger partial charge in [-0.05, 0) is 30.3 Å². The minimum Gasteiger partial charge on any atom is -0.293 e. The third kappa shape index (κ3) is 2.32. The molecule has 0 spiro atoms. The highest BCUT2D eigenvalue weighted by atomic mass is 16.1. The first-order chi connectivity index (χ1) is 11.2. The van der Waals surface area contributed by atoms with E-state index in [-0.39, 0.29) is 5.78 Å². The Labute approximate surface area is 132 Å². The van der Waals surface area contributed by atoms with Gasteiger partial charge in [0, 0.05) is 17.9 Å². The lowest BCUT2D eigenvalue weighted by atomic mass is 10.1. The highest BCUT2D eigenvalue weighted by Gasteiger charge is 2.10. The Hall–Kier alpha value is -3.21. The first-order valence-corrected chi connectivity index (χ1v) is 7.32. The number of benzene rings is 2. The van der Waals surface area contributed by atoms with E-state index in [1.807, 2.05) is 59.4 Å². The zero-order chi connectivity index (χ0) is 15.8. The van der Waals surface area contributed by atoms with Gasteiger partial charge in [0.25, 0.3) is 0 Å². The fourth-order valence-corrected chi connectivity index (χ4v) is 2.62. The van der Waals surface area contributed by atoms with Gasteiger partial charge in [-0.25, -0.2) is 4.68 Å². The number of hydrogen-bond donors (Lipinski definition) is 1. The molecule has 23 heavy (non-hydrogen) atoms. The van der Waals surface area contributed by atoms with Crippen LogP contribution in [-0.4, -0.2) is 25.8 Å². The van der Waals surface area contributed by atoms with Gasteiger partial charge >= 0.3 is 0 Å². The molecule has 4 rings (SSSR count). The van der Waals surface area contributed by atoms with Gasteiger partial charge in [0.05, 0.1) is 23.1 Å². The van der Waals surface area contributed by atoms with Crippen LogP contribution >= 0.6 is 0 Å². The molecule has 0 amide bonds. The summed E-state index contributed by atoms with van der Waals surface area (Å²) >= 11 is 0. The maximum Gasteiger partial charge on any atom is 0.177 e. The molecule has 0 bridgehead atoms. The summed E-state index contributed by atoms with van der Waals surface area (Å²) < 4.78 is 1.91. The fourth-order valence-electron chi connectivity index (χ4n) is 2.62. The van der Waals surface area contributed by atoms with Crippen LogP contribution in [0.5, 0.6) is 0 Å². The predicted octanol–water partition coefficient (Wildman–Crippen LogP) is 3.62. The molecule has 0 aliphatic carbocycles. The molecule has 112 valence electrons. The summed E-state index contributed by atoms with van der Waals surface area (Å²) in [4.78, 5) is 11.4. The summed E-state index contributed by atoms with van der Waals surface area (Å²) in [5.74, 6) is -0.0262. The highest BCUT2D eigenvalue weighted by molar-refractivity contribution is 5.93. The number of aromatic nitrogens is 4. The van der Waals surface area contributed by atoms with Crippen LogP contribution in [0.25, 0.3) is 27.8 Å². The average Bonchev–Trinajstić information content (AvgIpc) is 3.22. The molecule has 0 atom stereocenters. The number of ketones is 1. The molecule has 5 nitrogen and oxygen atoms in total. The normalized spacial score (nSPS) is 11.0. The molecule has 2 heterocycles. The number of para-hydroxylation sites is 1. The van der Waals surface area contributed by atoms with Crippen LogP contribution in [0, 0.1) is 0 Å². The van der Waals surface area contributed by atoms with Crippen molar-refractivity contribution in [1.82, 2.24) is 20.0 Å². The van der Waals surface area contributed by atoms with Crippen LogP contribution < -0.4 is 0 Å². The third-order valence-corrected chi connectivity index (χ3v) is 3.82. The molecule has 4 aromatic rings. The molecule has 0 saturated carbocycles. The number of hydrogen-bond acceptors (Lipinski definition) is 3. The van der Waals surface area contributed by atoms with Gasteiger partial charge in [-0.2, -0.15) is 10.2 Å². The number of nitrogens with zero attached hydrogens (tertiary/aromatic N) is 3. The Bertz CT molecular complexity index is 998. The largest absolute Gasteiger partial charge is 0.293 e. The molecule has 5 heteroatoms. The number of rotatable bonds is 3. The van der Waals surface area contributed by atoms with Gasteiger partial charge < -0.3 is 0 Å². The van der Waals surface area contributed by atoms with Gasteiger partial charge in [-0.1, -0.05) is 24.3 Å². The molecular weight excluding hydrogens is 288 g/mol. The van der Waals surface area contributed by atoms with Crippen molar-refractivity contribution in [2.75, 3.05) is 0 Å². The van der Waals surface area contributed by atoms with Crippen molar-refractivity contribution in [2.45, 2.75) is 6.92 Å².